The van der Waals surface area contributed by atoms with Crippen LogP contribution in [0.4, 0.5) is 0 Å². The van der Waals surface area contributed by atoms with Gasteiger partial charge in [0, 0.05) is 22.2 Å². The number of rotatable bonds is 3. The normalized spacial score (nSPS) is 19.2. The second kappa shape index (κ2) is 8.60. The number of halogens is 1. The Bertz CT molecular complexity index is 1130. The van der Waals surface area contributed by atoms with Crippen molar-refractivity contribution in [3.05, 3.63) is 57.3 Å². The Labute approximate surface area is 191 Å². The summed E-state index contributed by atoms with van der Waals surface area (Å²) >= 11 is 6.24. The Morgan fingerprint density at radius 3 is 2.78 bits per heavy atom. The van der Waals surface area contributed by atoms with E-state index in [1.165, 1.54) is 6.42 Å². The molecule has 0 bridgehead atoms. The molecule has 1 saturated carbocycles. The van der Waals surface area contributed by atoms with E-state index in [2.05, 4.69) is 0 Å². The van der Waals surface area contributed by atoms with Crippen molar-refractivity contribution in [3.63, 3.8) is 0 Å². The third-order valence-corrected chi connectivity index (χ3v) is 6.31. The van der Waals surface area contributed by atoms with Gasteiger partial charge in [-0.2, -0.15) is 0 Å². The van der Waals surface area contributed by atoms with E-state index in [9.17, 15) is 9.59 Å². The first-order chi connectivity index (χ1) is 15.5. The second-order valence-corrected chi connectivity index (χ2v) is 8.84. The van der Waals surface area contributed by atoms with Gasteiger partial charge in [-0.3, -0.25) is 9.59 Å². The van der Waals surface area contributed by atoms with Crippen LogP contribution >= 0.6 is 11.6 Å². The lowest BCUT2D eigenvalue weighted by atomic mass is 9.89. The Morgan fingerprint density at radius 1 is 1.16 bits per heavy atom. The molecule has 0 saturated heterocycles. The number of fused-ring (bicyclic) bond motifs is 2. The molecule has 0 amide bonds. The van der Waals surface area contributed by atoms with E-state index in [1.54, 1.807) is 30.3 Å². The smallest absolute Gasteiger partial charge is 0.314 e. The predicted molar refractivity (Wildman–Crippen MR) is 118 cm³/mol. The molecule has 0 N–H and O–H groups in total. The molecule has 2 aliphatic heterocycles. The molecule has 2 aromatic rings. The van der Waals surface area contributed by atoms with Gasteiger partial charge in [0.05, 0.1) is 18.1 Å². The standard InChI is InChI=1S/C25H23ClO6/c1-14-7-19(31-25(28)15-5-3-2-4-6-15)11-20-22(14)23(27)21(32-20)10-16-8-18(26)9-17-12-29-13-30-24(16)17/h7-11,15H,2-6,12-13H2,1H3/b21-10-. The van der Waals surface area contributed by atoms with Crippen molar-refractivity contribution in [2.24, 2.45) is 5.92 Å². The first kappa shape index (κ1) is 21.0. The van der Waals surface area contributed by atoms with E-state index in [0.717, 1.165) is 31.2 Å². The fourth-order valence-electron chi connectivity index (χ4n) is 4.53. The molecule has 2 aromatic carbocycles. The highest BCUT2D eigenvalue weighted by Crippen LogP contribution is 2.40. The van der Waals surface area contributed by atoms with Gasteiger partial charge in [0.15, 0.2) is 12.6 Å². The summed E-state index contributed by atoms with van der Waals surface area (Å²) in [5.41, 5.74) is 2.62. The number of carbonyl (C=O) groups is 2. The molecule has 5 rings (SSSR count). The van der Waals surface area contributed by atoms with Crippen LogP contribution in [0.1, 0.15) is 59.2 Å². The lowest BCUT2D eigenvalue weighted by molar-refractivity contribution is -0.139. The molecule has 0 aromatic heterocycles. The van der Waals surface area contributed by atoms with E-state index in [1.807, 2.05) is 6.92 Å². The molecular formula is C25H23ClO6. The number of benzene rings is 2. The number of carbonyl (C=O) groups excluding carboxylic acids is 2. The zero-order valence-corrected chi connectivity index (χ0v) is 18.5. The summed E-state index contributed by atoms with van der Waals surface area (Å²) in [7, 11) is 0. The molecule has 0 radical (unpaired) electrons. The minimum Gasteiger partial charge on any atom is -0.467 e. The van der Waals surface area contributed by atoms with Crippen molar-refractivity contribution in [1.29, 1.82) is 0 Å². The van der Waals surface area contributed by atoms with E-state index in [4.69, 9.17) is 30.5 Å². The van der Waals surface area contributed by atoms with Gasteiger partial charge in [-0.05, 0) is 49.6 Å². The van der Waals surface area contributed by atoms with Gasteiger partial charge in [-0.25, -0.2) is 0 Å². The molecule has 6 nitrogen and oxygen atoms in total. The predicted octanol–water partition coefficient (Wildman–Crippen LogP) is 5.62. The maximum Gasteiger partial charge on any atom is 0.314 e. The van der Waals surface area contributed by atoms with Crippen LogP contribution < -0.4 is 14.2 Å². The van der Waals surface area contributed by atoms with E-state index in [-0.39, 0.29) is 30.2 Å². The monoisotopic (exact) mass is 454 g/mol. The minimum atomic E-state index is -0.233. The quantitative estimate of drug-likeness (QED) is 0.340. The maximum absolute atomic E-state index is 13.1. The summed E-state index contributed by atoms with van der Waals surface area (Å²) in [6.07, 6.45) is 6.63. The maximum atomic E-state index is 13.1. The zero-order valence-electron chi connectivity index (χ0n) is 17.7. The van der Waals surface area contributed by atoms with Crippen LogP contribution in [0.3, 0.4) is 0 Å². The summed E-state index contributed by atoms with van der Waals surface area (Å²) in [5, 5.41) is 0.515. The van der Waals surface area contributed by atoms with Gasteiger partial charge in [-0.15, -0.1) is 0 Å². The van der Waals surface area contributed by atoms with Crippen LogP contribution in [0.2, 0.25) is 5.02 Å². The number of ketones is 1. The number of hydrogen-bond acceptors (Lipinski definition) is 6. The summed E-state index contributed by atoms with van der Waals surface area (Å²) < 4.78 is 22.5. The first-order valence-corrected chi connectivity index (χ1v) is 11.2. The Balaban J connectivity index is 1.42. The Kier molecular flexibility index (Phi) is 5.66. The minimum absolute atomic E-state index is 0.0618. The average molecular weight is 455 g/mol. The SMILES string of the molecule is Cc1cc(OC(=O)C2CCCCC2)cc2c1C(=O)/C(=C/c1cc(Cl)cc3c1OCOC3)O2. The largest absolute Gasteiger partial charge is 0.467 e. The van der Waals surface area contributed by atoms with Crippen LogP contribution in [0.25, 0.3) is 6.08 Å². The molecule has 166 valence electrons. The summed E-state index contributed by atoms with van der Waals surface area (Å²) in [5.74, 6) is 1.06. The molecule has 0 unspecified atom stereocenters. The number of allylic oxidation sites excluding steroid dienone is 1. The number of hydrogen-bond donors (Lipinski definition) is 0. The van der Waals surface area contributed by atoms with Gasteiger partial charge in [-0.1, -0.05) is 30.9 Å². The molecule has 1 fully saturated rings. The lowest BCUT2D eigenvalue weighted by Gasteiger charge is -2.20. The number of ether oxygens (including phenoxy) is 4. The highest BCUT2D eigenvalue weighted by atomic mass is 35.5. The van der Waals surface area contributed by atoms with Crippen molar-refractivity contribution in [1.82, 2.24) is 0 Å². The van der Waals surface area contributed by atoms with Crippen LogP contribution in [0.15, 0.2) is 30.0 Å². The van der Waals surface area contributed by atoms with Crippen molar-refractivity contribution < 1.29 is 28.5 Å². The van der Waals surface area contributed by atoms with Crippen LogP contribution in [0, 0.1) is 12.8 Å². The number of esters is 1. The van der Waals surface area contributed by atoms with Crippen molar-refractivity contribution in [2.75, 3.05) is 6.79 Å². The summed E-state index contributed by atoms with van der Waals surface area (Å²) in [6, 6.07) is 6.83. The Morgan fingerprint density at radius 2 is 1.97 bits per heavy atom. The molecule has 3 aliphatic rings. The second-order valence-electron chi connectivity index (χ2n) is 8.40. The third-order valence-electron chi connectivity index (χ3n) is 6.09. The first-order valence-electron chi connectivity index (χ1n) is 10.8. The van der Waals surface area contributed by atoms with Crippen molar-refractivity contribution in [2.45, 2.75) is 45.6 Å². The number of aryl methyl sites for hydroxylation is 1. The summed E-state index contributed by atoms with van der Waals surface area (Å²) in [4.78, 5) is 25.6. The summed E-state index contributed by atoms with van der Waals surface area (Å²) in [6.45, 7) is 2.33. The van der Waals surface area contributed by atoms with Crippen LogP contribution in [0.5, 0.6) is 17.2 Å². The molecule has 7 heteroatoms. The fraction of sp³-hybridized carbons (Fsp3) is 0.360. The van der Waals surface area contributed by atoms with E-state index < -0.39 is 0 Å². The van der Waals surface area contributed by atoms with Crippen molar-refractivity contribution >= 4 is 29.4 Å². The van der Waals surface area contributed by atoms with Gasteiger partial charge in [0.25, 0.3) is 0 Å². The molecular weight excluding hydrogens is 432 g/mol. The zero-order chi connectivity index (χ0) is 22.2. The van der Waals surface area contributed by atoms with Gasteiger partial charge in [0.1, 0.15) is 17.2 Å². The van der Waals surface area contributed by atoms with Gasteiger partial charge < -0.3 is 18.9 Å². The fourth-order valence-corrected chi connectivity index (χ4v) is 4.78. The average Bonchev–Trinajstić information content (AvgIpc) is 3.09. The lowest BCUT2D eigenvalue weighted by Crippen LogP contribution is -2.22. The molecule has 0 spiro atoms. The highest BCUT2D eigenvalue weighted by molar-refractivity contribution is 6.31. The highest BCUT2D eigenvalue weighted by Gasteiger charge is 2.31. The van der Waals surface area contributed by atoms with Gasteiger partial charge >= 0.3 is 5.97 Å². The molecule has 0 atom stereocenters. The molecule has 32 heavy (non-hydrogen) atoms. The van der Waals surface area contributed by atoms with Crippen LogP contribution in [-0.2, 0) is 16.1 Å². The molecule has 2 heterocycles. The number of Topliss-reactive ketones (excluding diaryl/α,β-unsaturated/α-hetero) is 1. The van der Waals surface area contributed by atoms with Crippen molar-refractivity contribution in [3.8, 4) is 17.2 Å². The van der Waals surface area contributed by atoms with E-state index in [0.29, 0.717) is 45.6 Å². The van der Waals surface area contributed by atoms with E-state index >= 15 is 0 Å². The third kappa shape index (κ3) is 4.00. The topological polar surface area (TPSA) is 71.1 Å². The molecule has 1 aliphatic carbocycles. The Hall–Kier alpha value is -2.83. The van der Waals surface area contributed by atoms with Gasteiger partial charge in [0.2, 0.25) is 5.78 Å². The van der Waals surface area contributed by atoms with Crippen LogP contribution in [-0.4, -0.2) is 18.5 Å².